The molecule has 1 aromatic carbocycles. The van der Waals surface area contributed by atoms with Gasteiger partial charge in [-0.3, -0.25) is 9.48 Å². The van der Waals surface area contributed by atoms with Crippen molar-refractivity contribution in [1.29, 1.82) is 0 Å². The number of aryl methyl sites for hydroxylation is 2. The van der Waals surface area contributed by atoms with Gasteiger partial charge < -0.3 is 4.90 Å². The molecular formula is C19H23N5O. The molecule has 2 heterocycles. The van der Waals surface area contributed by atoms with Gasteiger partial charge in [0, 0.05) is 43.7 Å². The molecule has 0 fully saturated rings. The van der Waals surface area contributed by atoms with E-state index in [4.69, 9.17) is 0 Å². The first-order valence-electron chi connectivity index (χ1n) is 8.27. The maximum absolute atomic E-state index is 12.6. The number of likely N-dealkylation sites (N-methyl/N-ethyl adjacent to an activating group) is 1. The molecule has 0 unspecified atom stereocenters. The Balaban J connectivity index is 1.67. The van der Waals surface area contributed by atoms with E-state index < -0.39 is 0 Å². The largest absolute Gasteiger partial charge is 0.341 e. The van der Waals surface area contributed by atoms with E-state index in [9.17, 15) is 4.79 Å². The topological polar surface area (TPSA) is 56.0 Å². The molecule has 6 heteroatoms. The van der Waals surface area contributed by atoms with Crippen LogP contribution in [0.25, 0.3) is 5.69 Å². The van der Waals surface area contributed by atoms with Gasteiger partial charge in [0.2, 0.25) is 5.91 Å². The van der Waals surface area contributed by atoms with Crippen molar-refractivity contribution in [2.45, 2.75) is 26.8 Å². The van der Waals surface area contributed by atoms with E-state index in [1.807, 2.05) is 73.8 Å². The van der Waals surface area contributed by atoms with Crippen molar-refractivity contribution in [3.05, 3.63) is 65.2 Å². The third kappa shape index (κ3) is 3.63. The minimum Gasteiger partial charge on any atom is -0.341 e. The van der Waals surface area contributed by atoms with Crippen LogP contribution in [0.15, 0.2) is 42.7 Å². The first-order valence-corrected chi connectivity index (χ1v) is 8.27. The van der Waals surface area contributed by atoms with E-state index in [2.05, 4.69) is 10.2 Å². The lowest BCUT2D eigenvalue weighted by Gasteiger charge is -2.16. The number of nitrogens with zero attached hydrogens (tertiary/aromatic N) is 5. The van der Waals surface area contributed by atoms with Crippen LogP contribution in [0, 0.1) is 13.8 Å². The average Bonchev–Trinajstić information content (AvgIpc) is 3.16. The van der Waals surface area contributed by atoms with Gasteiger partial charge in [-0.2, -0.15) is 10.2 Å². The molecule has 0 radical (unpaired) electrons. The van der Waals surface area contributed by atoms with Crippen molar-refractivity contribution in [1.82, 2.24) is 24.5 Å². The summed E-state index contributed by atoms with van der Waals surface area (Å²) in [5.74, 6) is 0.0756. The van der Waals surface area contributed by atoms with Gasteiger partial charge in [0.05, 0.1) is 24.0 Å². The minimum atomic E-state index is 0.0756. The smallest absolute Gasteiger partial charge is 0.227 e. The summed E-state index contributed by atoms with van der Waals surface area (Å²) in [6.07, 6.45) is 4.13. The summed E-state index contributed by atoms with van der Waals surface area (Å²) >= 11 is 0. The van der Waals surface area contributed by atoms with Crippen molar-refractivity contribution < 1.29 is 4.79 Å². The molecule has 0 saturated carbocycles. The summed E-state index contributed by atoms with van der Waals surface area (Å²) in [6.45, 7) is 4.47. The molecule has 130 valence electrons. The summed E-state index contributed by atoms with van der Waals surface area (Å²) in [6, 6.07) is 9.93. The Kier molecular flexibility index (Phi) is 4.70. The van der Waals surface area contributed by atoms with Crippen molar-refractivity contribution in [2.24, 2.45) is 7.05 Å². The number of carbonyl (C=O) groups is 1. The Morgan fingerprint density at radius 3 is 2.56 bits per heavy atom. The predicted molar refractivity (Wildman–Crippen MR) is 96.4 cm³/mol. The van der Waals surface area contributed by atoms with Crippen LogP contribution >= 0.6 is 0 Å². The molecule has 2 aromatic heterocycles. The lowest BCUT2D eigenvalue weighted by Crippen LogP contribution is -2.28. The Labute approximate surface area is 147 Å². The molecule has 0 spiro atoms. The fourth-order valence-corrected chi connectivity index (χ4v) is 2.89. The second-order valence-electron chi connectivity index (χ2n) is 6.33. The van der Waals surface area contributed by atoms with Crippen molar-refractivity contribution in [3.63, 3.8) is 0 Å². The second kappa shape index (κ2) is 6.93. The van der Waals surface area contributed by atoms with Gasteiger partial charge in [-0.1, -0.05) is 18.2 Å². The fourth-order valence-electron chi connectivity index (χ4n) is 2.89. The molecule has 25 heavy (non-hydrogen) atoms. The highest BCUT2D eigenvalue weighted by Crippen LogP contribution is 2.15. The van der Waals surface area contributed by atoms with Crippen LogP contribution in [0.4, 0.5) is 0 Å². The Bertz CT molecular complexity index is 879. The number of aromatic nitrogens is 4. The van der Waals surface area contributed by atoms with Crippen LogP contribution in [0.1, 0.15) is 22.5 Å². The number of para-hydroxylation sites is 1. The summed E-state index contributed by atoms with van der Waals surface area (Å²) < 4.78 is 3.64. The van der Waals surface area contributed by atoms with Gasteiger partial charge in [-0.15, -0.1) is 0 Å². The molecule has 0 saturated heterocycles. The Hall–Kier alpha value is -2.89. The van der Waals surface area contributed by atoms with E-state index in [0.717, 1.165) is 28.2 Å². The number of hydrogen-bond acceptors (Lipinski definition) is 3. The molecule has 6 nitrogen and oxygen atoms in total. The summed E-state index contributed by atoms with van der Waals surface area (Å²) in [4.78, 5) is 14.3. The summed E-state index contributed by atoms with van der Waals surface area (Å²) in [5.41, 5.74) is 4.97. The first-order chi connectivity index (χ1) is 12.0. The van der Waals surface area contributed by atoms with Gasteiger partial charge in [0.15, 0.2) is 0 Å². The van der Waals surface area contributed by atoms with Crippen LogP contribution < -0.4 is 0 Å². The van der Waals surface area contributed by atoms with Crippen LogP contribution in [-0.2, 0) is 24.8 Å². The number of rotatable bonds is 5. The van der Waals surface area contributed by atoms with Gasteiger partial charge in [-0.05, 0) is 26.0 Å². The lowest BCUT2D eigenvalue weighted by atomic mass is 10.1. The van der Waals surface area contributed by atoms with Crippen molar-refractivity contribution >= 4 is 5.91 Å². The van der Waals surface area contributed by atoms with Crippen molar-refractivity contribution in [3.8, 4) is 5.69 Å². The van der Waals surface area contributed by atoms with Crippen LogP contribution in [0.5, 0.6) is 0 Å². The predicted octanol–water partition coefficient (Wildman–Crippen LogP) is 2.42. The highest BCUT2D eigenvalue weighted by molar-refractivity contribution is 5.79. The molecular weight excluding hydrogens is 314 g/mol. The first kappa shape index (κ1) is 17.0. The maximum Gasteiger partial charge on any atom is 0.227 e. The van der Waals surface area contributed by atoms with E-state index in [1.54, 1.807) is 11.1 Å². The minimum absolute atomic E-state index is 0.0756. The molecule has 3 aromatic rings. The van der Waals surface area contributed by atoms with E-state index in [0.29, 0.717) is 13.0 Å². The highest BCUT2D eigenvalue weighted by atomic mass is 16.2. The van der Waals surface area contributed by atoms with Crippen LogP contribution in [-0.4, -0.2) is 37.4 Å². The second-order valence-corrected chi connectivity index (χ2v) is 6.33. The van der Waals surface area contributed by atoms with Gasteiger partial charge in [0.1, 0.15) is 0 Å². The fraction of sp³-hybridized carbons (Fsp3) is 0.316. The quantitative estimate of drug-likeness (QED) is 0.718. The molecule has 0 aliphatic heterocycles. The van der Waals surface area contributed by atoms with Crippen LogP contribution in [0.3, 0.4) is 0 Å². The zero-order valence-electron chi connectivity index (χ0n) is 15.1. The molecule has 1 amide bonds. The number of amides is 1. The Morgan fingerprint density at radius 2 is 1.92 bits per heavy atom. The van der Waals surface area contributed by atoms with E-state index >= 15 is 0 Å². The normalized spacial score (nSPS) is 10.9. The summed E-state index contributed by atoms with van der Waals surface area (Å²) in [5, 5.41) is 8.76. The molecule has 0 atom stereocenters. The average molecular weight is 337 g/mol. The van der Waals surface area contributed by atoms with Gasteiger partial charge in [-0.25, -0.2) is 4.68 Å². The molecule has 3 rings (SSSR count). The van der Waals surface area contributed by atoms with Gasteiger partial charge in [0.25, 0.3) is 0 Å². The lowest BCUT2D eigenvalue weighted by molar-refractivity contribution is -0.129. The van der Waals surface area contributed by atoms with Crippen molar-refractivity contribution in [2.75, 3.05) is 7.05 Å². The molecule has 0 N–H and O–H groups in total. The third-order valence-electron chi connectivity index (χ3n) is 4.49. The maximum atomic E-state index is 12.6. The van der Waals surface area contributed by atoms with E-state index in [1.165, 1.54) is 0 Å². The summed E-state index contributed by atoms with van der Waals surface area (Å²) in [7, 11) is 3.72. The van der Waals surface area contributed by atoms with Gasteiger partial charge >= 0.3 is 0 Å². The SMILES string of the molecule is Cc1nn(C)c(C)c1CC(=O)N(C)Cc1cnn(-c2ccccc2)c1. The zero-order chi connectivity index (χ0) is 18.0. The zero-order valence-corrected chi connectivity index (χ0v) is 15.1. The molecule has 0 aliphatic carbocycles. The highest BCUT2D eigenvalue weighted by Gasteiger charge is 2.17. The molecule has 0 aliphatic rings. The van der Waals surface area contributed by atoms with Crippen LogP contribution in [0.2, 0.25) is 0 Å². The monoisotopic (exact) mass is 337 g/mol. The number of benzene rings is 1. The molecule has 0 bridgehead atoms. The number of hydrogen-bond donors (Lipinski definition) is 0. The Morgan fingerprint density at radius 1 is 1.20 bits per heavy atom. The number of carbonyl (C=O) groups excluding carboxylic acids is 1. The van der Waals surface area contributed by atoms with E-state index in [-0.39, 0.29) is 5.91 Å². The standard InChI is InChI=1S/C19H23N5O/c1-14-18(15(2)23(4)21-14)10-19(25)22(3)12-16-11-20-24(13-16)17-8-6-5-7-9-17/h5-9,11,13H,10,12H2,1-4H3. The third-order valence-corrected chi connectivity index (χ3v) is 4.49.